The number of allylic oxidation sites excluding steroid dienone is 5. The van der Waals surface area contributed by atoms with E-state index in [1.165, 1.54) is 57.8 Å². The maximum absolute atomic E-state index is 12.6. The molecule has 0 aromatic heterocycles. The van der Waals surface area contributed by atoms with Gasteiger partial charge in [0.1, 0.15) is 12.7 Å². The Balaban J connectivity index is 2.45. The van der Waals surface area contributed by atoms with E-state index >= 15 is 0 Å². The molecule has 13 heteroatoms. The molecule has 0 spiro atoms. The number of phosphoric acid groups is 1. The van der Waals surface area contributed by atoms with E-state index < -0.39 is 57.9 Å². The monoisotopic (exact) mass is 800 g/mol. The lowest BCUT2D eigenvalue weighted by Gasteiger charge is -2.20. The molecule has 0 aromatic carbocycles. The zero-order valence-electron chi connectivity index (χ0n) is 33.7. The normalized spacial score (nSPS) is 18.5. The first-order chi connectivity index (χ1) is 26.5. The summed E-state index contributed by atoms with van der Waals surface area (Å²) in [6.45, 7) is 2.05. The zero-order chi connectivity index (χ0) is 40.6. The molecule has 55 heavy (non-hydrogen) atoms. The number of ether oxygens (including phenoxy) is 2. The van der Waals surface area contributed by atoms with E-state index in [9.17, 15) is 34.1 Å². The third kappa shape index (κ3) is 28.0. The van der Waals surface area contributed by atoms with Crippen molar-refractivity contribution < 1.29 is 57.7 Å². The smallest absolute Gasteiger partial charge is 0.462 e. The number of rotatable bonds is 36. The van der Waals surface area contributed by atoms with Crippen molar-refractivity contribution in [1.82, 2.24) is 0 Å². The fourth-order valence-electron chi connectivity index (χ4n) is 6.16. The Morgan fingerprint density at radius 2 is 1.36 bits per heavy atom. The number of ketones is 1. The highest BCUT2D eigenvalue weighted by atomic mass is 31.2. The van der Waals surface area contributed by atoms with Crippen molar-refractivity contribution in [3.05, 3.63) is 36.5 Å². The molecule has 1 unspecified atom stereocenters. The van der Waals surface area contributed by atoms with E-state index in [4.69, 9.17) is 19.1 Å². The highest BCUT2D eigenvalue weighted by Crippen LogP contribution is 2.43. The lowest BCUT2D eigenvalue weighted by atomic mass is 9.90. The minimum atomic E-state index is -4.66. The van der Waals surface area contributed by atoms with Gasteiger partial charge in [-0.1, -0.05) is 141 Å². The lowest BCUT2D eigenvalue weighted by molar-refractivity contribution is -0.161. The Morgan fingerprint density at radius 3 is 2.00 bits per heavy atom. The molecule has 12 nitrogen and oxygen atoms in total. The van der Waals surface area contributed by atoms with Gasteiger partial charge in [0.25, 0.3) is 0 Å². The Hall–Kier alpha value is -2.18. The standard InChI is InChI=1S/C42H73O12P/c1-3-5-7-8-9-10-11-12-13-14-15-16-22-26-42(48)54-38(34-53-55(49,50)52-32-37(45)31-43)33-51-41(47)25-21-18-17-20-23-35-27-30-40(46)39(35)29-28-36(44)24-19-6-4-2/h17,20,27-30,35-39,43-45H,3-16,18-19,21-26,31-34H2,1-2H3,(H,49,50)/b20-17-,29-28+/t35-,36-,37-,38+,39+/m0/s1. The van der Waals surface area contributed by atoms with Gasteiger partial charge in [0.15, 0.2) is 11.9 Å². The minimum absolute atomic E-state index is 0.0126. The molecule has 0 aromatic rings. The number of esters is 2. The molecule has 318 valence electrons. The molecule has 0 amide bonds. The van der Waals surface area contributed by atoms with Gasteiger partial charge in [-0.25, -0.2) is 4.57 Å². The molecule has 6 atom stereocenters. The van der Waals surface area contributed by atoms with Crippen LogP contribution in [0.5, 0.6) is 0 Å². The SMILES string of the molecule is CCCCCCCCCCCCCCCC(=O)O[C@H](COC(=O)CCC/C=C\C[C@H]1C=CC(=O)[C@@H]1/C=C/[C@@H](O)CCCCC)COP(=O)(O)OC[C@@H](O)CO. The molecular weight excluding hydrogens is 727 g/mol. The van der Waals surface area contributed by atoms with Crippen molar-refractivity contribution in [3.63, 3.8) is 0 Å². The largest absolute Gasteiger partial charge is 0.472 e. The second kappa shape index (κ2) is 32.9. The summed E-state index contributed by atoms with van der Waals surface area (Å²) in [4.78, 5) is 47.4. The number of phosphoric ester groups is 1. The van der Waals surface area contributed by atoms with Crippen LogP contribution in [0.2, 0.25) is 0 Å². The van der Waals surface area contributed by atoms with Crippen LogP contribution < -0.4 is 0 Å². The van der Waals surface area contributed by atoms with Crippen LogP contribution in [0.3, 0.4) is 0 Å². The number of hydrogen-bond acceptors (Lipinski definition) is 11. The molecule has 0 heterocycles. The summed E-state index contributed by atoms with van der Waals surface area (Å²) < 4.78 is 32.6. The maximum atomic E-state index is 12.6. The van der Waals surface area contributed by atoms with Crippen LogP contribution in [0.15, 0.2) is 36.5 Å². The zero-order valence-corrected chi connectivity index (χ0v) is 34.6. The molecule has 0 fully saturated rings. The topological polar surface area (TPSA) is 186 Å². The quantitative estimate of drug-likeness (QED) is 0.0206. The number of aliphatic hydroxyl groups excluding tert-OH is 3. The van der Waals surface area contributed by atoms with Crippen LogP contribution in [0.4, 0.5) is 0 Å². The van der Waals surface area contributed by atoms with E-state index in [2.05, 4.69) is 18.4 Å². The van der Waals surface area contributed by atoms with Crippen molar-refractivity contribution in [3.8, 4) is 0 Å². The number of carbonyl (C=O) groups is 3. The lowest BCUT2D eigenvalue weighted by Crippen LogP contribution is -2.29. The summed E-state index contributed by atoms with van der Waals surface area (Å²) in [5, 5.41) is 28.5. The van der Waals surface area contributed by atoms with Crippen molar-refractivity contribution in [1.29, 1.82) is 0 Å². The van der Waals surface area contributed by atoms with Gasteiger partial charge in [0, 0.05) is 18.8 Å². The number of unbranched alkanes of at least 4 members (excludes halogenated alkanes) is 15. The molecule has 0 aliphatic heterocycles. The van der Waals surface area contributed by atoms with Crippen LogP contribution in [0, 0.1) is 11.8 Å². The van der Waals surface area contributed by atoms with Crippen molar-refractivity contribution in [2.75, 3.05) is 26.4 Å². The van der Waals surface area contributed by atoms with Crippen LogP contribution in [-0.2, 0) is 37.5 Å². The van der Waals surface area contributed by atoms with E-state index in [0.717, 1.165) is 38.5 Å². The van der Waals surface area contributed by atoms with Crippen LogP contribution in [0.1, 0.15) is 155 Å². The third-order valence-electron chi connectivity index (χ3n) is 9.55. The Labute approximate surface area is 330 Å². The summed E-state index contributed by atoms with van der Waals surface area (Å²) in [5.74, 6) is -1.32. The summed E-state index contributed by atoms with van der Waals surface area (Å²) in [7, 11) is -4.66. The van der Waals surface area contributed by atoms with E-state index in [-0.39, 0.29) is 37.1 Å². The number of hydrogen-bond donors (Lipinski definition) is 4. The molecule has 1 aliphatic carbocycles. The molecule has 0 saturated carbocycles. The predicted octanol–water partition coefficient (Wildman–Crippen LogP) is 8.39. The average molecular weight is 801 g/mol. The summed E-state index contributed by atoms with van der Waals surface area (Å²) in [6.07, 6.45) is 28.8. The molecule has 4 N–H and O–H groups in total. The fourth-order valence-corrected chi connectivity index (χ4v) is 6.95. The summed E-state index contributed by atoms with van der Waals surface area (Å²) in [5.41, 5.74) is 0. The van der Waals surface area contributed by atoms with Gasteiger partial charge in [-0.15, -0.1) is 0 Å². The number of aliphatic hydroxyl groups is 3. The average Bonchev–Trinajstić information content (AvgIpc) is 3.52. The van der Waals surface area contributed by atoms with E-state index in [1.807, 2.05) is 24.3 Å². The highest BCUT2D eigenvalue weighted by Gasteiger charge is 2.28. The van der Waals surface area contributed by atoms with Gasteiger partial charge in [-0.2, -0.15) is 0 Å². The molecule has 0 radical (unpaired) electrons. The first-order valence-electron chi connectivity index (χ1n) is 21.0. The van der Waals surface area contributed by atoms with Gasteiger partial charge >= 0.3 is 19.8 Å². The first-order valence-corrected chi connectivity index (χ1v) is 22.5. The van der Waals surface area contributed by atoms with Crippen LogP contribution in [-0.4, -0.2) is 82.7 Å². The molecule has 1 rings (SSSR count). The van der Waals surface area contributed by atoms with Crippen molar-refractivity contribution in [2.45, 2.75) is 173 Å². The second-order valence-corrected chi connectivity index (χ2v) is 16.1. The molecule has 1 aliphatic rings. The molecule has 0 bridgehead atoms. The van der Waals surface area contributed by atoms with E-state index in [1.54, 1.807) is 12.2 Å². The molecular formula is C42H73O12P. The first kappa shape index (κ1) is 50.8. The summed E-state index contributed by atoms with van der Waals surface area (Å²) in [6, 6.07) is 0. The van der Waals surface area contributed by atoms with Gasteiger partial charge in [0.05, 0.1) is 25.9 Å². The highest BCUT2D eigenvalue weighted by molar-refractivity contribution is 7.47. The van der Waals surface area contributed by atoms with Crippen molar-refractivity contribution in [2.24, 2.45) is 11.8 Å². The van der Waals surface area contributed by atoms with Gasteiger partial charge in [0.2, 0.25) is 0 Å². The summed E-state index contributed by atoms with van der Waals surface area (Å²) >= 11 is 0. The van der Waals surface area contributed by atoms with Crippen molar-refractivity contribution >= 4 is 25.5 Å². The maximum Gasteiger partial charge on any atom is 0.472 e. The fraction of sp³-hybridized carbons (Fsp3) is 0.786. The van der Waals surface area contributed by atoms with Crippen LogP contribution in [0.25, 0.3) is 0 Å². The Bertz CT molecular complexity index is 1160. The van der Waals surface area contributed by atoms with Gasteiger partial charge < -0.3 is 29.7 Å². The van der Waals surface area contributed by atoms with Gasteiger partial charge in [-0.3, -0.25) is 23.4 Å². The predicted molar refractivity (Wildman–Crippen MR) is 214 cm³/mol. The van der Waals surface area contributed by atoms with E-state index in [0.29, 0.717) is 32.1 Å². The Kier molecular flexibility index (Phi) is 30.4. The Morgan fingerprint density at radius 1 is 0.782 bits per heavy atom. The third-order valence-corrected chi connectivity index (χ3v) is 10.5. The molecule has 0 saturated heterocycles. The minimum Gasteiger partial charge on any atom is -0.462 e. The van der Waals surface area contributed by atoms with Gasteiger partial charge in [-0.05, 0) is 44.1 Å². The number of carbonyl (C=O) groups excluding carboxylic acids is 3. The second-order valence-electron chi connectivity index (χ2n) is 14.7. The van der Waals surface area contributed by atoms with Crippen LogP contribution >= 0.6 is 7.82 Å².